The lowest BCUT2D eigenvalue weighted by molar-refractivity contribution is 1.06. The number of hydrogen-bond donors (Lipinski definition) is 2. The summed E-state index contributed by atoms with van der Waals surface area (Å²) < 4.78 is 0. The third-order valence-electron chi connectivity index (χ3n) is 2.83. The number of benzene rings is 1. The van der Waals surface area contributed by atoms with Gasteiger partial charge in [-0.25, -0.2) is 0 Å². The molecule has 2 nitrogen and oxygen atoms in total. The Morgan fingerprint density at radius 2 is 1.89 bits per heavy atom. The van der Waals surface area contributed by atoms with Gasteiger partial charge in [-0.3, -0.25) is 0 Å². The standard InChI is InChI=1S/C16H18N2/c17-15-11-10-14(12-16(15)18)9-8-13-6-4-2-1-3-5-7-13/h1-2,4-13H,3,17-18H2/b2-1-,6-4-,7-5?,9-8+. The zero-order valence-corrected chi connectivity index (χ0v) is 10.3. The van der Waals surface area contributed by atoms with E-state index >= 15 is 0 Å². The molecule has 0 amide bonds. The molecule has 1 aliphatic rings. The quantitative estimate of drug-likeness (QED) is 0.611. The van der Waals surface area contributed by atoms with Crippen molar-refractivity contribution in [2.45, 2.75) is 6.42 Å². The van der Waals surface area contributed by atoms with Crippen LogP contribution < -0.4 is 11.5 Å². The highest BCUT2D eigenvalue weighted by Gasteiger charge is 1.97. The molecule has 1 aliphatic carbocycles. The Balaban J connectivity index is 2.12. The van der Waals surface area contributed by atoms with E-state index in [9.17, 15) is 0 Å². The average molecular weight is 238 g/mol. The molecule has 2 heteroatoms. The van der Waals surface area contributed by atoms with Gasteiger partial charge in [0, 0.05) is 5.92 Å². The van der Waals surface area contributed by atoms with E-state index in [1.807, 2.05) is 18.2 Å². The first-order valence-corrected chi connectivity index (χ1v) is 6.09. The molecule has 0 bridgehead atoms. The van der Waals surface area contributed by atoms with E-state index in [-0.39, 0.29) is 0 Å². The fourth-order valence-corrected chi connectivity index (χ4v) is 1.78. The first kappa shape index (κ1) is 12.2. The number of nitrogens with two attached hydrogens (primary N) is 2. The van der Waals surface area contributed by atoms with Gasteiger partial charge in [0.1, 0.15) is 0 Å². The zero-order valence-electron chi connectivity index (χ0n) is 10.3. The Morgan fingerprint density at radius 3 is 2.72 bits per heavy atom. The monoisotopic (exact) mass is 238 g/mol. The molecule has 4 N–H and O–H groups in total. The first-order valence-electron chi connectivity index (χ1n) is 6.09. The van der Waals surface area contributed by atoms with Crippen molar-refractivity contribution in [1.29, 1.82) is 0 Å². The summed E-state index contributed by atoms with van der Waals surface area (Å²) in [5, 5.41) is 0. The molecule has 0 saturated heterocycles. The van der Waals surface area contributed by atoms with Crippen LogP contribution in [0.15, 0.2) is 60.7 Å². The number of allylic oxidation sites excluding steroid dienone is 7. The van der Waals surface area contributed by atoms with Gasteiger partial charge in [0.2, 0.25) is 0 Å². The summed E-state index contributed by atoms with van der Waals surface area (Å²) in [6.45, 7) is 0. The van der Waals surface area contributed by atoms with Crippen LogP contribution in [0.1, 0.15) is 12.0 Å². The Bertz CT molecular complexity index is 522. The molecule has 2 rings (SSSR count). The van der Waals surface area contributed by atoms with Crippen molar-refractivity contribution in [3.8, 4) is 0 Å². The first-order chi connectivity index (χ1) is 8.75. The van der Waals surface area contributed by atoms with Gasteiger partial charge < -0.3 is 11.5 Å². The van der Waals surface area contributed by atoms with Crippen LogP contribution in [0.4, 0.5) is 11.4 Å². The van der Waals surface area contributed by atoms with Gasteiger partial charge >= 0.3 is 0 Å². The van der Waals surface area contributed by atoms with Gasteiger partial charge in [-0.1, -0.05) is 54.7 Å². The molecule has 0 aromatic heterocycles. The second kappa shape index (κ2) is 5.92. The maximum atomic E-state index is 5.78. The normalized spacial score (nSPS) is 22.6. The molecule has 92 valence electrons. The topological polar surface area (TPSA) is 52.0 Å². The van der Waals surface area contributed by atoms with Crippen molar-refractivity contribution in [3.05, 3.63) is 66.3 Å². The maximum Gasteiger partial charge on any atom is 0.0553 e. The predicted molar refractivity (Wildman–Crippen MR) is 79.8 cm³/mol. The van der Waals surface area contributed by atoms with Gasteiger partial charge in [-0.05, 0) is 24.1 Å². The molecule has 1 aromatic rings. The molecule has 0 saturated carbocycles. The summed E-state index contributed by atoms with van der Waals surface area (Å²) in [5.41, 5.74) is 13.8. The minimum Gasteiger partial charge on any atom is -0.397 e. The summed E-state index contributed by atoms with van der Waals surface area (Å²) in [6.07, 6.45) is 18.0. The Kier molecular flexibility index (Phi) is 4.02. The van der Waals surface area contributed by atoms with E-state index in [0.29, 0.717) is 17.3 Å². The summed E-state index contributed by atoms with van der Waals surface area (Å²) in [6, 6.07) is 5.70. The van der Waals surface area contributed by atoms with Crippen LogP contribution in [-0.2, 0) is 0 Å². The van der Waals surface area contributed by atoms with Crippen molar-refractivity contribution in [1.82, 2.24) is 0 Å². The van der Waals surface area contributed by atoms with Gasteiger partial charge in [-0.15, -0.1) is 0 Å². The highest BCUT2D eigenvalue weighted by Crippen LogP contribution is 2.18. The molecule has 1 unspecified atom stereocenters. The van der Waals surface area contributed by atoms with E-state index in [2.05, 4.69) is 48.6 Å². The minimum atomic E-state index is 0.328. The van der Waals surface area contributed by atoms with Crippen molar-refractivity contribution >= 4 is 17.5 Å². The highest BCUT2D eigenvalue weighted by molar-refractivity contribution is 5.68. The lowest BCUT2D eigenvalue weighted by Gasteiger charge is -2.04. The average Bonchev–Trinajstić information content (AvgIpc) is 2.32. The minimum absolute atomic E-state index is 0.328. The van der Waals surface area contributed by atoms with Crippen molar-refractivity contribution in [2.75, 3.05) is 11.5 Å². The summed E-state index contributed by atoms with van der Waals surface area (Å²) in [4.78, 5) is 0. The third-order valence-corrected chi connectivity index (χ3v) is 2.83. The van der Waals surface area contributed by atoms with Gasteiger partial charge in [-0.2, -0.15) is 0 Å². The van der Waals surface area contributed by atoms with Crippen LogP contribution in [0, 0.1) is 5.92 Å². The van der Waals surface area contributed by atoms with E-state index < -0.39 is 0 Å². The second-order valence-corrected chi connectivity index (χ2v) is 4.30. The summed E-state index contributed by atoms with van der Waals surface area (Å²) in [7, 11) is 0. The zero-order chi connectivity index (χ0) is 12.8. The van der Waals surface area contributed by atoms with E-state index in [1.165, 1.54) is 0 Å². The van der Waals surface area contributed by atoms with E-state index in [4.69, 9.17) is 11.5 Å². The molecule has 0 aliphatic heterocycles. The fourth-order valence-electron chi connectivity index (χ4n) is 1.78. The smallest absolute Gasteiger partial charge is 0.0553 e. The largest absolute Gasteiger partial charge is 0.397 e. The van der Waals surface area contributed by atoms with E-state index in [1.54, 1.807) is 0 Å². The number of rotatable bonds is 2. The van der Waals surface area contributed by atoms with Gasteiger partial charge in [0.25, 0.3) is 0 Å². The van der Waals surface area contributed by atoms with E-state index in [0.717, 1.165) is 12.0 Å². The maximum absolute atomic E-state index is 5.78. The molecular formula is C16H18N2. The van der Waals surface area contributed by atoms with Crippen molar-refractivity contribution in [2.24, 2.45) is 5.92 Å². The Morgan fingerprint density at radius 1 is 1.00 bits per heavy atom. The van der Waals surface area contributed by atoms with Crippen molar-refractivity contribution in [3.63, 3.8) is 0 Å². The Labute approximate surface area is 108 Å². The van der Waals surface area contributed by atoms with Crippen LogP contribution in [-0.4, -0.2) is 0 Å². The van der Waals surface area contributed by atoms with Gasteiger partial charge in [0.05, 0.1) is 11.4 Å². The number of anilines is 2. The molecule has 0 radical (unpaired) electrons. The summed E-state index contributed by atoms with van der Waals surface area (Å²) >= 11 is 0. The Hall–Kier alpha value is -2.22. The lowest BCUT2D eigenvalue weighted by atomic mass is 10.0. The molecule has 1 aromatic carbocycles. The highest BCUT2D eigenvalue weighted by atomic mass is 14.7. The van der Waals surface area contributed by atoms with Crippen molar-refractivity contribution < 1.29 is 0 Å². The fraction of sp³-hybridized carbons (Fsp3) is 0.125. The van der Waals surface area contributed by atoms with Crippen LogP contribution in [0.25, 0.3) is 6.08 Å². The predicted octanol–water partition coefficient (Wildman–Crippen LogP) is 3.55. The van der Waals surface area contributed by atoms with Crippen LogP contribution in [0.5, 0.6) is 0 Å². The molecule has 1 atom stereocenters. The van der Waals surface area contributed by atoms with Gasteiger partial charge in [0.15, 0.2) is 0 Å². The van der Waals surface area contributed by atoms with Crippen LogP contribution in [0.3, 0.4) is 0 Å². The van der Waals surface area contributed by atoms with Crippen LogP contribution in [0.2, 0.25) is 0 Å². The third kappa shape index (κ3) is 3.39. The molecule has 18 heavy (non-hydrogen) atoms. The number of nitrogen functional groups attached to an aromatic ring is 2. The molecule has 0 heterocycles. The molecule has 0 fully saturated rings. The number of hydrogen-bond acceptors (Lipinski definition) is 2. The second-order valence-electron chi connectivity index (χ2n) is 4.30. The SMILES string of the molecule is Nc1ccc(/C=C/C2C=CC/C=C\C=C/2)cc1N. The molecular weight excluding hydrogens is 220 g/mol. The molecule has 0 spiro atoms. The summed E-state index contributed by atoms with van der Waals surface area (Å²) in [5.74, 6) is 0.328. The lowest BCUT2D eigenvalue weighted by Crippen LogP contribution is -1.94. The van der Waals surface area contributed by atoms with Crippen LogP contribution >= 0.6 is 0 Å².